The van der Waals surface area contributed by atoms with E-state index in [0.717, 1.165) is 0 Å². The SMILES string of the molecule is O=C(O)C#CCc1c(F)cccc1Cl. The Kier molecular flexibility index (Phi) is 3.49. The highest BCUT2D eigenvalue weighted by Gasteiger charge is 2.04. The molecule has 0 amide bonds. The third-order valence-electron chi connectivity index (χ3n) is 1.52. The van der Waals surface area contributed by atoms with Crippen molar-refractivity contribution in [2.24, 2.45) is 0 Å². The van der Waals surface area contributed by atoms with Crippen LogP contribution in [0.3, 0.4) is 0 Å². The number of aliphatic carboxylic acids is 1. The maximum Gasteiger partial charge on any atom is 0.381 e. The Morgan fingerprint density at radius 1 is 1.57 bits per heavy atom. The van der Waals surface area contributed by atoms with Crippen LogP contribution in [0.25, 0.3) is 0 Å². The quantitative estimate of drug-likeness (QED) is 0.724. The Morgan fingerprint density at radius 2 is 2.29 bits per heavy atom. The summed E-state index contributed by atoms with van der Waals surface area (Å²) in [6.45, 7) is 0. The fourth-order valence-corrected chi connectivity index (χ4v) is 1.14. The summed E-state index contributed by atoms with van der Waals surface area (Å²) in [5, 5.41) is 8.48. The normalized spacial score (nSPS) is 9.00. The van der Waals surface area contributed by atoms with E-state index in [0.29, 0.717) is 0 Å². The first-order valence-electron chi connectivity index (χ1n) is 3.76. The van der Waals surface area contributed by atoms with Crippen LogP contribution in [0.5, 0.6) is 0 Å². The van der Waals surface area contributed by atoms with Gasteiger partial charge in [-0.2, -0.15) is 0 Å². The fraction of sp³-hybridized carbons (Fsp3) is 0.100. The second-order valence-electron chi connectivity index (χ2n) is 2.48. The lowest BCUT2D eigenvalue weighted by Crippen LogP contribution is -1.92. The number of hydrogen-bond donors (Lipinski definition) is 1. The van der Waals surface area contributed by atoms with Crippen LogP contribution in [0.4, 0.5) is 4.39 Å². The van der Waals surface area contributed by atoms with Crippen molar-refractivity contribution >= 4 is 17.6 Å². The number of rotatable bonds is 1. The van der Waals surface area contributed by atoms with Gasteiger partial charge in [0, 0.05) is 22.9 Å². The summed E-state index contributed by atoms with van der Waals surface area (Å²) in [7, 11) is 0. The van der Waals surface area contributed by atoms with Gasteiger partial charge in [-0.15, -0.1) is 0 Å². The summed E-state index contributed by atoms with van der Waals surface area (Å²) in [6, 6.07) is 4.26. The van der Waals surface area contributed by atoms with E-state index < -0.39 is 11.8 Å². The molecule has 0 unspecified atom stereocenters. The lowest BCUT2D eigenvalue weighted by molar-refractivity contribution is -0.130. The molecule has 0 fully saturated rings. The highest BCUT2D eigenvalue weighted by atomic mass is 35.5. The van der Waals surface area contributed by atoms with Crippen LogP contribution in [0, 0.1) is 17.7 Å². The standard InChI is InChI=1S/C10H6ClFO2/c11-8-4-2-5-9(12)7(8)3-1-6-10(13)14/h2,4-5H,3H2,(H,13,14). The summed E-state index contributed by atoms with van der Waals surface area (Å²) < 4.78 is 13.1. The van der Waals surface area contributed by atoms with Crippen LogP contribution in [0.15, 0.2) is 18.2 Å². The largest absolute Gasteiger partial charge is 0.472 e. The molecule has 0 aliphatic rings. The summed E-state index contributed by atoms with van der Waals surface area (Å²) in [5.74, 6) is 2.49. The van der Waals surface area contributed by atoms with E-state index in [2.05, 4.69) is 5.92 Å². The zero-order chi connectivity index (χ0) is 10.6. The maximum atomic E-state index is 13.1. The molecule has 0 spiro atoms. The van der Waals surface area contributed by atoms with Gasteiger partial charge in [-0.3, -0.25) is 0 Å². The minimum Gasteiger partial charge on any atom is -0.472 e. The highest BCUT2D eigenvalue weighted by molar-refractivity contribution is 6.31. The molecule has 1 rings (SSSR count). The molecule has 1 N–H and O–H groups in total. The molecule has 0 aromatic heterocycles. The molecule has 0 aliphatic carbocycles. The first-order valence-corrected chi connectivity index (χ1v) is 4.13. The number of carbonyl (C=O) groups is 1. The van der Waals surface area contributed by atoms with Crippen molar-refractivity contribution in [1.29, 1.82) is 0 Å². The molecule has 1 aromatic rings. The Bertz CT molecular complexity index is 398. The molecule has 0 aliphatic heterocycles. The minimum atomic E-state index is -1.24. The van der Waals surface area contributed by atoms with Crippen LogP contribution in [0.2, 0.25) is 5.02 Å². The molecule has 72 valence electrons. The first-order chi connectivity index (χ1) is 6.61. The Morgan fingerprint density at radius 3 is 2.86 bits per heavy atom. The van der Waals surface area contributed by atoms with E-state index in [9.17, 15) is 9.18 Å². The van der Waals surface area contributed by atoms with Crippen molar-refractivity contribution in [3.05, 3.63) is 34.6 Å². The third kappa shape index (κ3) is 2.75. The van der Waals surface area contributed by atoms with Crippen LogP contribution in [-0.2, 0) is 11.2 Å². The lowest BCUT2D eigenvalue weighted by Gasteiger charge is -1.99. The van der Waals surface area contributed by atoms with Crippen molar-refractivity contribution in [1.82, 2.24) is 0 Å². The Hall–Kier alpha value is -1.53. The molecule has 1 aromatic carbocycles. The monoisotopic (exact) mass is 212 g/mol. The first kappa shape index (κ1) is 10.6. The summed E-state index contributed by atoms with van der Waals surface area (Å²) in [6.07, 6.45) is -0.00218. The maximum absolute atomic E-state index is 13.1. The van der Waals surface area contributed by atoms with Crippen LogP contribution in [0.1, 0.15) is 5.56 Å². The highest BCUT2D eigenvalue weighted by Crippen LogP contribution is 2.18. The average Bonchev–Trinajstić information content (AvgIpc) is 2.09. The smallest absolute Gasteiger partial charge is 0.381 e. The summed E-state index contributed by atoms with van der Waals surface area (Å²) in [4.78, 5) is 10.1. The van der Waals surface area contributed by atoms with Gasteiger partial charge < -0.3 is 5.11 Å². The van der Waals surface area contributed by atoms with Gasteiger partial charge >= 0.3 is 5.97 Å². The van der Waals surface area contributed by atoms with Crippen molar-refractivity contribution in [2.45, 2.75) is 6.42 Å². The van der Waals surface area contributed by atoms with Crippen LogP contribution in [-0.4, -0.2) is 11.1 Å². The number of hydrogen-bond acceptors (Lipinski definition) is 1. The van der Waals surface area contributed by atoms with Gasteiger partial charge in [0.1, 0.15) is 5.82 Å². The molecule has 0 saturated carbocycles. The molecule has 0 bridgehead atoms. The second kappa shape index (κ2) is 4.64. The van der Waals surface area contributed by atoms with Gasteiger partial charge in [0.2, 0.25) is 0 Å². The van der Waals surface area contributed by atoms with Crippen molar-refractivity contribution in [3.63, 3.8) is 0 Å². The van der Waals surface area contributed by atoms with E-state index in [1.165, 1.54) is 18.2 Å². The number of carboxylic acids is 1. The van der Waals surface area contributed by atoms with Crippen molar-refractivity contribution in [3.8, 4) is 11.8 Å². The van der Waals surface area contributed by atoms with Gasteiger partial charge in [0.15, 0.2) is 0 Å². The van der Waals surface area contributed by atoms with Gasteiger partial charge in [-0.05, 0) is 12.1 Å². The molecule has 0 heterocycles. The minimum absolute atomic E-state index is 0.00218. The van der Waals surface area contributed by atoms with Crippen LogP contribution < -0.4 is 0 Å². The zero-order valence-corrected chi connectivity index (χ0v) is 7.81. The molecule has 0 atom stereocenters. The van der Waals surface area contributed by atoms with Crippen LogP contribution >= 0.6 is 11.6 Å². The second-order valence-corrected chi connectivity index (χ2v) is 2.89. The van der Waals surface area contributed by atoms with Gasteiger partial charge in [0.05, 0.1) is 0 Å². The molecule has 0 saturated heterocycles. The predicted octanol–water partition coefficient (Wildman–Crippen LogP) is 2.11. The summed E-state index contributed by atoms with van der Waals surface area (Å²) in [5.41, 5.74) is 0.225. The fourth-order valence-electron chi connectivity index (χ4n) is 0.909. The third-order valence-corrected chi connectivity index (χ3v) is 1.88. The van der Waals surface area contributed by atoms with E-state index in [-0.39, 0.29) is 17.0 Å². The average molecular weight is 213 g/mol. The molecule has 2 nitrogen and oxygen atoms in total. The van der Waals surface area contributed by atoms with Gasteiger partial charge in [-0.25, -0.2) is 9.18 Å². The Labute approximate surface area is 85.3 Å². The van der Waals surface area contributed by atoms with E-state index in [1.807, 2.05) is 5.92 Å². The van der Waals surface area contributed by atoms with E-state index >= 15 is 0 Å². The molecule has 14 heavy (non-hydrogen) atoms. The number of halogens is 2. The molecule has 0 radical (unpaired) electrons. The zero-order valence-electron chi connectivity index (χ0n) is 7.05. The molecular weight excluding hydrogens is 207 g/mol. The molecular formula is C10H6ClFO2. The Balaban J connectivity index is 2.88. The number of benzene rings is 1. The van der Waals surface area contributed by atoms with Crippen molar-refractivity contribution < 1.29 is 14.3 Å². The van der Waals surface area contributed by atoms with Crippen molar-refractivity contribution in [2.75, 3.05) is 0 Å². The molecule has 4 heteroatoms. The van der Waals surface area contributed by atoms with E-state index in [1.54, 1.807) is 0 Å². The predicted molar refractivity (Wildman–Crippen MR) is 50.5 cm³/mol. The topological polar surface area (TPSA) is 37.3 Å². The number of carboxylic acid groups (broad SMARTS) is 1. The lowest BCUT2D eigenvalue weighted by atomic mass is 10.1. The van der Waals surface area contributed by atoms with Gasteiger partial charge in [-0.1, -0.05) is 23.6 Å². The van der Waals surface area contributed by atoms with Gasteiger partial charge in [0.25, 0.3) is 0 Å². The van der Waals surface area contributed by atoms with E-state index in [4.69, 9.17) is 16.7 Å². The summed E-state index contributed by atoms with van der Waals surface area (Å²) >= 11 is 5.69.